The summed E-state index contributed by atoms with van der Waals surface area (Å²) in [6.45, 7) is 2.00. The zero-order valence-electron chi connectivity index (χ0n) is 15.4. The number of methoxy groups -OCH3 is 1. The zero-order chi connectivity index (χ0) is 19.4. The average molecular weight is 382 g/mol. The Labute approximate surface area is 154 Å². The normalized spacial score (nSPS) is 23.3. The van der Waals surface area contributed by atoms with E-state index in [4.69, 9.17) is 4.74 Å². The molecule has 0 bridgehead atoms. The molecule has 0 radical (unpaired) electrons. The predicted molar refractivity (Wildman–Crippen MR) is 98.6 cm³/mol. The number of carbonyl (C=O) groups is 2. The van der Waals surface area contributed by atoms with Crippen molar-refractivity contribution in [1.82, 2.24) is 5.32 Å². The second-order valence-corrected chi connectivity index (χ2v) is 8.95. The van der Waals surface area contributed by atoms with Gasteiger partial charge in [-0.25, -0.2) is 8.42 Å². The standard InChI is InChI=1S/C18H26N2O5S/c1-18(11-5-4-6-15(18)17(22)25-2)19-12-16(21)20-13-7-9-14(10-8-13)26(3,23)24/h7-10,15,19H,4-6,11-12H2,1-3H3,(H,20,21)/t15-,18-/m1/s1. The van der Waals surface area contributed by atoms with Gasteiger partial charge in [0.2, 0.25) is 5.91 Å². The average Bonchev–Trinajstić information content (AvgIpc) is 2.59. The molecule has 0 unspecified atom stereocenters. The molecule has 1 aliphatic carbocycles. The molecule has 0 spiro atoms. The first-order chi connectivity index (χ1) is 12.2. The maximum atomic E-state index is 12.2. The van der Waals surface area contributed by atoms with Gasteiger partial charge in [0.1, 0.15) is 0 Å². The second-order valence-electron chi connectivity index (χ2n) is 6.94. The first-order valence-corrected chi connectivity index (χ1v) is 10.5. The number of hydrogen-bond donors (Lipinski definition) is 2. The van der Waals surface area contributed by atoms with Gasteiger partial charge in [-0.05, 0) is 44.0 Å². The lowest BCUT2D eigenvalue weighted by atomic mass is 9.74. The van der Waals surface area contributed by atoms with Crippen molar-refractivity contribution in [3.8, 4) is 0 Å². The quantitative estimate of drug-likeness (QED) is 0.727. The number of hydrogen-bond acceptors (Lipinski definition) is 6. The Hall–Kier alpha value is -1.93. The Bertz CT molecular complexity index is 760. The predicted octanol–water partition coefficient (Wildman–Crippen LogP) is 1.74. The minimum absolute atomic E-state index is 0.0534. The van der Waals surface area contributed by atoms with Gasteiger partial charge in [0.25, 0.3) is 0 Å². The summed E-state index contributed by atoms with van der Waals surface area (Å²) in [4.78, 5) is 24.4. The van der Waals surface area contributed by atoms with Crippen molar-refractivity contribution in [2.24, 2.45) is 5.92 Å². The lowest BCUT2D eigenvalue weighted by molar-refractivity contribution is -0.150. The number of anilines is 1. The Morgan fingerprint density at radius 3 is 2.46 bits per heavy atom. The molecule has 2 atom stereocenters. The molecular formula is C18H26N2O5S. The van der Waals surface area contributed by atoms with Gasteiger partial charge in [0.15, 0.2) is 9.84 Å². The number of ether oxygens (including phenoxy) is 1. The minimum atomic E-state index is -3.27. The van der Waals surface area contributed by atoms with Crippen LogP contribution in [0.3, 0.4) is 0 Å². The number of nitrogens with one attached hydrogen (secondary N) is 2. The molecule has 1 saturated carbocycles. The van der Waals surface area contributed by atoms with Gasteiger partial charge in [-0.1, -0.05) is 12.8 Å². The van der Waals surface area contributed by atoms with E-state index in [2.05, 4.69) is 10.6 Å². The van der Waals surface area contributed by atoms with Crippen LogP contribution in [0.15, 0.2) is 29.2 Å². The summed E-state index contributed by atoms with van der Waals surface area (Å²) < 4.78 is 27.8. The van der Waals surface area contributed by atoms with E-state index in [1.807, 2.05) is 6.92 Å². The first kappa shape index (κ1) is 20.4. The molecule has 0 heterocycles. The molecule has 1 fully saturated rings. The summed E-state index contributed by atoms with van der Waals surface area (Å²) >= 11 is 0. The van der Waals surface area contributed by atoms with Crippen LogP contribution in [-0.2, 0) is 24.2 Å². The number of benzene rings is 1. The summed E-state index contributed by atoms with van der Waals surface area (Å²) in [7, 11) is -1.89. The van der Waals surface area contributed by atoms with Gasteiger partial charge in [0, 0.05) is 17.5 Å². The Kier molecular flexibility index (Phi) is 6.41. The van der Waals surface area contributed by atoms with E-state index in [-0.39, 0.29) is 29.2 Å². The third-order valence-corrected chi connectivity index (χ3v) is 6.04. The Morgan fingerprint density at radius 1 is 1.23 bits per heavy atom. The van der Waals surface area contributed by atoms with Gasteiger partial charge < -0.3 is 15.4 Å². The van der Waals surface area contributed by atoms with E-state index < -0.39 is 15.4 Å². The van der Waals surface area contributed by atoms with E-state index in [9.17, 15) is 18.0 Å². The van der Waals surface area contributed by atoms with Crippen LogP contribution < -0.4 is 10.6 Å². The van der Waals surface area contributed by atoms with Gasteiger partial charge in [-0.3, -0.25) is 9.59 Å². The molecule has 8 heteroatoms. The van der Waals surface area contributed by atoms with Crippen LogP contribution in [0.4, 0.5) is 5.69 Å². The Morgan fingerprint density at radius 2 is 1.88 bits per heavy atom. The Balaban J connectivity index is 1.96. The molecule has 144 valence electrons. The number of esters is 1. The molecule has 1 aliphatic rings. The fourth-order valence-corrected chi connectivity index (χ4v) is 3.97. The lowest BCUT2D eigenvalue weighted by Crippen LogP contribution is -2.55. The van der Waals surface area contributed by atoms with E-state index in [1.54, 1.807) is 12.1 Å². The highest BCUT2D eigenvalue weighted by Gasteiger charge is 2.41. The molecule has 1 aromatic rings. The largest absolute Gasteiger partial charge is 0.469 e. The molecule has 1 aromatic carbocycles. The van der Waals surface area contributed by atoms with Crippen molar-refractivity contribution in [3.05, 3.63) is 24.3 Å². The maximum Gasteiger partial charge on any atom is 0.310 e. The number of carbonyl (C=O) groups excluding carboxylic acids is 2. The molecule has 2 N–H and O–H groups in total. The van der Waals surface area contributed by atoms with Crippen molar-refractivity contribution in [2.45, 2.75) is 43.0 Å². The highest BCUT2D eigenvalue weighted by atomic mass is 32.2. The lowest BCUT2D eigenvalue weighted by Gasteiger charge is -2.40. The SMILES string of the molecule is COC(=O)[C@H]1CCCC[C@@]1(C)NCC(=O)Nc1ccc(S(C)(=O)=O)cc1. The summed E-state index contributed by atoms with van der Waals surface area (Å²) in [6.07, 6.45) is 4.63. The third-order valence-electron chi connectivity index (χ3n) is 4.91. The van der Waals surface area contributed by atoms with Gasteiger partial charge in [0.05, 0.1) is 24.5 Å². The van der Waals surface area contributed by atoms with Crippen molar-refractivity contribution < 1.29 is 22.7 Å². The highest BCUT2D eigenvalue weighted by Crippen LogP contribution is 2.34. The van der Waals surface area contributed by atoms with Gasteiger partial charge >= 0.3 is 5.97 Å². The molecule has 0 aliphatic heterocycles. The van der Waals surface area contributed by atoms with Gasteiger partial charge in [-0.2, -0.15) is 0 Å². The highest BCUT2D eigenvalue weighted by molar-refractivity contribution is 7.90. The molecular weight excluding hydrogens is 356 g/mol. The van der Waals surface area contributed by atoms with E-state index in [0.29, 0.717) is 5.69 Å². The van der Waals surface area contributed by atoms with Crippen molar-refractivity contribution in [2.75, 3.05) is 25.2 Å². The molecule has 0 aromatic heterocycles. The van der Waals surface area contributed by atoms with Crippen LogP contribution in [0.25, 0.3) is 0 Å². The zero-order valence-corrected chi connectivity index (χ0v) is 16.2. The van der Waals surface area contributed by atoms with Crippen LogP contribution in [0, 0.1) is 5.92 Å². The van der Waals surface area contributed by atoms with Crippen LogP contribution in [-0.4, -0.2) is 45.7 Å². The van der Waals surface area contributed by atoms with Crippen molar-refractivity contribution in [1.29, 1.82) is 0 Å². The van der Waals surface area contributed by atoms with Crippen LogP contribution >= 0.6 is 0 Å². The fourth-order valence-electron chi connectivity index (χ4n) is 3.34. The molecule has 26 heavy (non-hydrogen) atoms. The summed E-state index contributed by atoms with van der Waals surface area (Å²) in [5.41, 5.74) is 0.0329. The third kappa shape index (κ3) is 5.04. The van der Waals surface area contributed by atoms with Crippen molar-refractivity contribution >= 4 is 27.4 Å². The van der Waals surface area contributed by atoms with Crippen LogP contribution in [0.2, 0.25) is 0 Å². The summed E-state index contributed by atoms with van der Waals surface area (Å²) in [5, 5.41) is 5.93. The maximum absolute atomic E-state index is 12.2. The summed E-state index contributed by atoms with van der Waals surface area (Å²) in [5.74, 6) is -0.785. The van der Waals surface area contributed by atoms with E-state index in [0.717, 1.165) is 31.9 Å². The molecule has 2 rings (SSSR count). The smallest absolute Gasteiger partial charge is 0.310 e. The van der Waals surface area contributed by atoms with Gasteiger partial charge in [-0.15, -0.1) is 0 Å². The minimum Gasteiger partial charge on any atom is -0.469 e. The fraction of sp³-hybridized carbons (Fsp3) is 0.556. The molecule has 7 nitrogen and oxygen atoms in total. The van der Waals surface area contributed by atoms with E-state index >= 15 is 0 Å². The summed E-state index contributed by atoms with van der Waals surface area (Å²) in [6, 6.07) is 6.00. The van der Waals surface area contributed by atoms with Crippen LogP contribution in [0.5, 0.6) is 0 Å². The van der Waals surface area contributed by atoms with E-state index in [1.165, 1.54) is 19.2 Å². The second kappa shape index (κ2) is 8.18. The monoisotopic (exact) mass is 382 g/mol. The first-order valence-electron chi connectivity index (χ1n) is 8.58. The molecule has 0 saturated heterocycles. The van der Waals surface area contributed by atoms with Crippen molar-refractivity contribution in [3.63, 3.8) is 0 Å². The number of rotatable bonds is 6. The number of amides is 1. The topological polar surface area (TPSA) is 102 Å². The molecule has 1 amide bonds. The number of sulfone groups is 1. The van der Waals surface area contributed by atoms with Crippen LogP contribution in [0.1, 0.15) is 32.6 Å².